The second-order valence-corrected chi connectivity index (χ2v) is 4.24. The normalized spacial score (nSPS) is 19.9. The van der Waals surface area contributed by atoms with Gasteiger partial charge in [0.1, 0.15) is 5.75 Å². The van der Waals surface area contributed by atoms with Gasteiger partial charge in [-0.2, -0.15) is 0 Å². The zero-order chi connectivity index (χ0) is 12.6. The van der Waals surface area contributed by atoms with Crippen LogP contribution in [-0.2, 0) is 9.59 Å². The van der Waals surface area contributed by atoms with Crippen LogP contribution in [0.4, 0.5) is 0 Å². The van der Waals surface area contributed by atoms with Gasteiger partial charge in [-0.1, -0.05) is 12.1 Å². The first-order valence-electron chi connectivity index (χ1n) is 5.50. The highest BCUT2D eigenvalue weighted by Gasteiger charge is 2.39. The predicted molar refractivity (Wildman–Crippen MR) is 62.9 cm³/mol. The first-order valence-corrected chi connectivity index (χ1v) is 5.50. The van der Waals surface area contributed by atoms with Gasteiger partial charge in [-0.25, -0.2) is 0 Å². The van der Waals surface area contributed by atoms with Crippen molar-refractivity contribution >= 4 is 11.8 Å². The Morgan fingerprint density at radius 2 is 2.06 bits per heavy atom. The third-order valence-electron chi connectivity index (χ3n) is 3.23. The Hall–Kier alpha value is -1.84. The summed E-state index contributed by atoms with van der Waals surface area (Å²) in [6, 6.07) is 5.62. The van der Waals surface area contributed by atoms with Crippen LogP contribution < -0.4 is 4.74 Å². The van der Waals surface area contributed by atoms with Crippen LogP contribution in [0.2, 0.25) is 0 Å². The number of carbonyl (C=O) groups excluding carboxylic acids is 2. The molecule has 90 valence electrons. The number of methoxy groups -OCH3 is 1. The van der Waals surface area contributed by atoms with Crippen LogP contribution >= 0.6 is 0 Å². The Morgan fingerprint density at radius 1 is 1.35 bits per heavy atom. The van der Waals surface area contributed by atoms with Crippen LogP contribution in [0.3, 0.4) is 0 Å². The lowest BCUT2D eigenvalue weighted by molar-refractivity contribution is -0.137. The highest BCUT2D eigenvalue weighted by Crippen LogP contribution is 2.36. The van der Waals surface area contributed by atoms with Crippen LogP contribution in [0.25, 0.3) is 0 Å². The molecule has 0 aromatic heterocycles. The van der Waals surface area contributed by atoms with Gasteiger partial charge in [0, 0.05) is 19.0 Å². The molecular weight excluding hydrogens is 218 g/mol. The number of hydrogen-bond acceptors (Lipinski definition) is 3. The van der Waals surface area contributed by atoms with Crippen molar-refractivity contribution in [3.05, 3.63) is 29.3 Å². The highest BCUT2D eigenvalue weighted by atomic mass is 16.5. The lowest BCUT2D eigenvalue weighted by Gasteiger charge is -2.15. The summed E-state index contributed by atoms with van der Waals surface area (Å²) in [5, 5.41) is 0. The molecule has 2 amide bonds. The van der Waals surface area contributed by atoms with Gasteiger partial charge in [-0.3, -0.25) is 14.5 Å². The Balaban J connectivity index is 2.48. The van der Waals surface area contributed by atoms with Gasteiger partial charge in [-0.05, 0) is 18.6 Å². The lowest BCUT2D eigenvalue weighted by Crippen LogP contribution is -2.25. The van der Waals surface area contributed by atoms with E-state index in [2.05, 4.69) is 0 Å². The molecule has 1 heterocycles. The fraction of sp³-hybridized carbons (Fsp3) is 0.385. The van der Waals surface area contributed by atoms with E-state index in [1.54, 1.807) is 7.11 Å². The zero-order valence-electron chi connectivity index (χ0n) is 10.2. The van der Waals surface area contributed by atoms with Crippen molar-refractivity contribution in [2.24, 2.45) is 0 Å². The monoisotopic (exact) mass is 233 g/mol. The number of benzene rings is 1. The van der Waals surface area contributed by atoms with E-state index in [1.807, 2.05) is 25.1 Å². The molecule has 1 unspecified atom stereocenters. The van der Waals surface area contributed by atoms with Crippen LogP contribution in [0, 0.1) is 6.92 Å². The smallest absolute Gasteiger partial charge is 0.237 e. The molecular formula is C13H15NO3. The standard InChI is InChI=1S/C13H15NO3/c1-8-5-4-6-10(17-3)12(8)9-7-11(15)14(2)13(9)16/h4-6,9H,7H2,1-3H3. The van der Waals surface area contributed by atoms with Crippen LogP contribution in [0.1, 0.15) is 23.5 Å². The summed E-state index contributed by atoms with van der Waals surface area (Å²) in [7, 11) is 3.10. The molecule has 1 saturated heterocycles. The fourth-order valence-corrected chi connectivity index (χ4v) is 2.26. The van der Waals surface area contributed by atoms with Crippen molar-refractivity contribution in [3.63, 3.8) is 0 Å². The quantitative estimate of drug-likeness (QED) is 0.727. The second kappa shape index (κ2) is 4.20. The van der Waals surface area contributed by atoms with Gasteiger partial charge < -0.3 is 4.74 Å². The zero-order valence-corrected chi connectivity index (χ0v) is 10.2. The molecule has 0 spiro atoms. The number of likely N-dealkylation sites (N-methyl/N-ethyl adjacent to an activating group) is 1. The van der Waals surface area contributed by atoms with E-state index in [9.17, 15) is 9.59 Å². The SMILES string of the molecule is COc1cccc(C)c1C1CC(=O)N(C)C1=O. The molecule has 0 radical (unpaired) electrons. The molecule has 0 saturated carbocycles. The number of aryl methyl sites for hydroxylation is 1. The first-order chi connectivity index (χ1) is 8.06. The summed E-state index contributed by atoms with van der Waals surface area (Å²) in [5.74, 6) is -0.0111. The topological polar surface area (TPSA) is 46.6 Å². The van der Waals surface area contributed by atoms with Crippen molar-refractivity contribution in [1.82, 2.24) is 4.90 Å². The van der Waals surface area contributed by atoms with Crippen molar-refractivity contribution < 1.29 is 14.3 Å². The highest BCUT2D eigenvalue weighted by molar-refractivity contribution is 6.06. The molecule has 4 nitrogen and oxygen atoms in total. The van der Waals surface area contributed by atoms with E-state index in [1.165, 1.54) is 11.9 Å². The molecule has 0 aliphatic carbocycles. The van der Waals surface area contributed by atoms with Gasteiger partial charge in [0.2, 0.25) is 11.8 Å². The van der Waals surface area contributed by atoms with E-state index in [4.69, 9.17) is 4.74 Å². The number of imide groups is 1. The molecule has 4 heteroatoms. The molecule has 0 N–H and O–H groups in total. The summed E-state index contributed by atoms with van der Waals surface area (Å²) < 4.78 is 5.28. The van der Waals surface area contributed by atoms with Gasteiger partial charge in [-0.15, -0.1) is 0 Å². The van der Waals surface area contributed by atoms with Crippen LogP contribution in [0.15, 0.2) is 18.2 Å². The first kappa shape index (κ1) is 11.6. The summed E-state index contributed by atoms with van der Waals surface area (Å²) in [6.07, 6.45) is 0.233. The Bertz CT molecular complexity index is 482. The fourth-order valence-electron chi connectivity index (χ4n) is 2.26. The Kier molecular flexibility index (Phi) is 2.88. The number of nitrogens with zero attached hydrogens (tertiary/aromatic N) is 1. The molecule has 0 bridgehead atoms. The minimum Gasteiger partial charge on any atom is -0.496 e. The maximum absolute atomic E-state index is 12.0. The van der Waals surface area contributed by atoms with Gasteiger partial charge >= 0.3 is 0 Å². The molecule has 1 aromatic carbocycles. The molecule has 1 aliphatic rings. The molecule has 1 fully saturated rings. The number of rotatable bonds is 2. The number of hydrogen-bond donors (Lipinski definition) is 0. The number of ether oxygens (including phenoxy) is 1. The summed E-state index contributed by atoms with van der Waals surface area (Å²) in [6.45, 7) is 1.92. The molecule has 2 rings (SSSR count). The van der Waals surface area contributed by atoms with Crippen molar-refractivity contribution in [1.29, 1.82) is 0 Å². The minimum atomic E-state index is -0.399. The minimum absolute atomic E-state index is 0.134. The Labute approximate surface area is 100 Å². The second-order valence-electron chi connectivity index (χ2n) is 4.24. The van der Waals surface area contributed by atoms with E-state index in [-0.39, 0.29) is 18.2 Å². The molecule has 1 aromatic rings. The van der Waals surface area contributed by atoms with Gasteiger partial charge in [0.25, 0.3) is 0 Å². The number of likely N-dealkylation sites (tertiary alicyclic amines) is 1. The average molecular weight is 233 g/mol. The predicted octanol–water partition coefficient (Wildman–Crippen LogP) is 1.48. The van der Waals surface area contributed by atoms with Crippen molar-refractivity contribution in [2.75, 3.05) is 14.2 Å². The number of amides is 2. The van der Waals surface area contributed by atoms with Gasteiger partial charge in [0.05, 0.1) is 13.0 Å². The molecule has 1 aliphatic heterocycles. The van der Waals surface area contributed by atoms with Crippen molar-refractivity contribution in [3.8, 4) is 5.75 Å². The maximum Gasteiger partial charge on any atom is 0.237 e. The summed E-state index contributed by atoms with van der Waals surface area (Å²) in [5.41, 5.74) is 1.81. The maximum atomic E-state index is 12.0. The van der Waals surface area contributed by atoms with E-state index in [0.29, 0.717) is 5.75 Å². The van der Waals surface area contributed by atoms with Crippen LogP contribution in [0.5, 0.6) is 5.75 Å². The largest absolute Gasteiger partial charge is 0.496 e. The third-order valence-corrected chi connectivity index (χ3v) is 3.23. The third kappa shape index (κ3) is 1.79. The summed E-state index contributed by atoms with van der Waals surface area (Å²) in [4.78, 5) is 24.7. The number of carbonyl (C=O) groups is 2. The van der Waals surface area contributed by atoms with Gasteiger partial charge in [0.15, 0.2) is 0 Å². The molecule has 1 atom stereocenters. The lowest BCUT2D eigenvalue weighted by atomic mass is 9.92. The Morgan fingerprint density at radius 3 is 2.59 bits per heavy atom. The van der Waals surface area contributed by atoms with E-state index in [0.717, 1.165) is 11.1 Å². The van der Waals surface area contributed by atoms with Crippen LogP contribution in [-0.4, -0.2) is 30.9 Å². The summed E-state index contributed by atoms with van der Waals surface area (Å²) >= 11 is 0. The van der Waals surface area contributed by atoms with E-state index >= 15 is 0 Å². The molecule has 17 heavy (non-hydrogen) atoms. The van der Waals surface area contributed by atoms with E-state index < -0.39 is 5.92 Å². The van der Waals surface area contributed by atoms with Crippen molar-refractivity contribution in [2.45, 2.75) is 19.3 Å². The average Bonchev–Trinajstić information content (AvgIpc) is 2.56.